The molecule has 3 N–H and O–H groups in total. The van der Waals surface area contributed by atoms with Crippen molar-refractivity contribution in [2.45, 2.75) is 57.5 Å². The van der Waals surface area contributed by atoms with Gasteiger partial charge in [-0.25, -0.2) is 9.97 Å². The molecule has 1 aliphatic carbocycles. The number of aliphatic carboxylic acids is 1. The highest BCUT2D eigenvalue weighted by molar-refractivity contribution is 7.19. The molecule has 128 valence electrons. The normalized spacial score (nSPS) is 21.8. The van der Waals surface area contributed by atoms with E-state index in [0.717, 1.165) is 42.4 Å². The van der Waals surface area contributed by atoms with Crippen molar-refractivity contribution in [3.8, 4) is 0 Å². The summed E-state index contributed by atoms with van der Waals surface area (Å²) in [6.45, 7) is 1.24. The molecule has 0 amide bonds. The van der Waals surface area contributed by atoms with E-state index >= 15 is 0 Å². The number of thiophene rings is 1. The molecule has 0 aromatic carbocycles. The number of aromatic nitrogens is 2. The van der Waals surface area contributed by atoms with Crippen molar-refractivity contribution < 1.29 is 9.90 Å². The van der Waals surface area contributed by atoms with Crippen molar-refractivity contribution in [2.24, 2.45) is 0 Å². The summed E-state index contributed by atoms with van der Waals surface area (Å²) in [6.07, 6.45) is 7.29. The first-order chi connectivity index (χ1) is 11.6. The zero-order valence-electron chi connectivity index (χ0n) is 13.6. The Hall–Kier alpha value is -1.73. The standard InChI is InChI=1S/C17H22N4O2S/c18-15-14-10-5-1-2-7-12(10)24-16(14)20-13(19-15)9-21-8-4-3-6-11(21)17(22)23/h11H,1-9H2,(H,22,23)(H2,18,19,20). The van der Waals surface area contributed by atoms with Crippen molar-refractivity contribution >= 4 is 33.3 Å². The zero-order valence-corrected chi connectivity index (χ0v) is 14.4. The van der Waals surface area contributed by atoms with E-state index in [1.165, 1.54) is 23.3 Å². The summed E-state index contributed by atoms with van der Waals surface area (Å²) >= 11 is 1.73. The van der Waals surface area contributed by atoms with Gasteiger partial charge in [0, 0.05) is 4.88 Å². The molecule has 2 aliphatic rings. The molecule has 6 nitrogen and oxygen atoms in total. The average molecular weight is 346 g/mol. The minimum Gasteiger partial charge on any atom is -0.480 e. The molecule has 0 radical (unpaired) electrons. The van der Waals surface area contributed by atoms with Gasteiger partial charge in [-0.15, -0.1) is 11.3 Å². The number of rotatable bonds is 3. The minimum absolute atomic E-state index is 0.434. The number of nitrogens with zero attached hydrogens (tertiary/aromatic N) is 3. The van der Waals surface area contributed by atoms with E-state index in [0.29, 0.717) is 24.6 Å². The number of aryl methyl sites for hydroxylation is 2. The number of nitrogen functional groups attached to an aromatic ring is 1. The van der Waals surface area contributed by atoms with Crippen LogP contribution in [-0.2, 0) is 24.2 Å². The van der Waals surface area contributed by atoms with Crippen molar-refractivity contribution in [2.75, 3.05) is 12.3 Å². The number of anilines is 1. The fraction of sp³-hybridized carbons (Fsp3) is 0.588. The van der Waals surface area contributed by atoms with Crippen LogP contribution >= 0.6 is 11.3 Å². The topological polar surface area (TPSA) is 92.3 Å². The Bertz CT molecular complexity index is 788. The van der Waals surface area contributed by atoms with Crippen LogP contribution in [0.5, 0.6) is 0 Å². The second kappa shape index (κ2) is 6.29. The molecular formula is C17H22N4O2S. The van der Waals surface area contributed by atoms with Gasteiger partial charge in [0.1, 0.15) is 22.5 Å². The highest BCUT2D eigenvalue weighted by Gasteiger charge is 2.29. The molecule has 1 aliphatic heterocycles. The number of likely N-dealkylation sites (tertiary alicyclic amines) is 1. The molecule has 2 aromatic rings. The first-order valence-corrected chi connectivity index (χ1v) is 9.48. The van der Waals surface area contributed by atoms with Gasteiger partial charge < -0.3 is 10.8 Å². The van der Waals surface area contributed by atoms with Crippen LogP contribution in [0.3, 0.4) is 0 Å². The van der Waals surface area contributed by atoms with E-state index in [-0.39, 0.29) is 0 Å². The molecule has 7 heteroatoms. The SMILES string of the molecule is Nc1nc(CN2CCCCC2C(=O)O)nc2sc3c(c12)CCCC3. The Morgan fingerprint density at radius 3 is 2.92 bits per heavy atom. The maximum absolute atomic E-state index is 11.5. The molecule has 24 heavy (non-hydrogen) atoms. The van der Waals surface area contributed by atoms with Gasteiger partial charge in [-0.05, 0) is 50.6 Å². The Morgan fingerprint density at radius 2 is 2.08 bits per heavy atom. The first kappa shape index (κ1) is 15.8. The fourth-order valence-electron chi connectivity index (χ4n) is 3.94. The van der Waals surface area contributed by atoms with Crippen LogP contribution in [0.25, 0.3) is 10.2 Å². The number of fused-ring (bicyclic) bond motifs is 3. The monoisotopic (exact) mass is 346 g/mol. The summed E-state index contributed by atoms with van der Waals surface area (Å²) in [6, 6.07) is -0.434. The maximum atomic E-state index is 11.5. The summed E-state index contributed by atoms with van der Waals surface area (Å²) in [5, 5.41) is 10.5. The number of hydrogen-bond acceptors (Lipinski definition) is 6. The third-order valence-corrected chi connectivity index (χ3v) is 6.32. The molecule has 3 heterocycles. The highest BCUT2D eigenvalue weighted by atomic mass is 32.1. The number of carbonyl (C=O) groups is 1. The van der Waals surface area contributed by atoms with Gasteiger partial charge in [0.15, 0.2) is 0 Å². The van der Waals surface area contributed by atoms with Crippen LogP contribution in [0.2, 0.25) is 0 Å². The average Bonchev–Trinajstić information content (AvgIpc) is 2.93. The van der Waals surface area contributed by atoms with E-state index in [1.807, 2.05) is 4.90 Å². The maximum Gasteiger partial charge on any atom is 0.320 e. The van der Waals surface area contributed by atoms with E-state index in [9.17, 15) is 9.90 Å². The third kappa shape index (κ3) is 2.75. The smallest absolute Gasteiger partial charge is 0.320 e. The van der Waals surface area contributed by atoms with E-state index in [4.69, 9.17) is 10.7 Å². The summed E-state index contributed by atoms with van der Waals surface area (Å²) in [5.74, 6) is 0.445. The second-order valence-corrected chi connectivity index (χ2v) is 7.82. The van der Waals surface area contributed by atoms with Gasteiger partial charge in [0.2, 0.25) is 0 Å². The van der Waals surface area contributed by atoms with Crippen LogP contribution in [0.1, 0.15) is 48.4 Å². The Kier molecular flexibility index (Phi) is 4.14. The summed E-state index contributed by atoms with van der Waals surface area (Å²) in [7, 11) is 0. The quantitative estimate of drug-likeness (QED) is 0.887. The minimum atomic E-state index is -0.754. The van der Waals surface area contributed by atoms with Gasteiger partial charge in [-0.3, -0.25) is 9.69 Å². The molecule has 1 saturated heterocycles. The van der Waals surface area contributed by atoms with Gasteiger partial charge in [0.05, 0.1) is 11.9 Å². The van der Waals surface area contributed by atoms with Crippen LogP contribution in [-0.4, -0.2) is 38.5 Å². The molecule has 0 saturated carbocycles. The third-order valence-electron chi connectivity index (χ3n) is 5.13. The van der Waals surface area contributed by atoms with Crippen LogP contribution < -0.4 is 5.73 Å². The van der Waals surface area contributed by atoms with Gasteiger partial charge in [0.25, 0.3) is 0 Å². The number of nitrogens with two attached hydrogens (primary N) is 1. The van der Waals surface area contributed by atoms with E-state index in [2.05, 4.69) is 4.98 Å². The Balaban J connectivity index is 1.66. The predicted molar refractivity (Wildman–Crippen MR) is 94.2 cm³/mol. The van der Waals surface area contributed by atoms with E-state index in [1.54, 1.807) is 11.3 Å². The Morgan fingerprint density at radius 1 is 1.25 bits per heavy atom. The molecule has 0 spiro atoms. The summed E-state index contributed by atoms with van der Waals surface area (Å²) < 4.78 is 0. The molecular weight excluding hydrogens is 324 g/mol. The molecule has 1 unspecified atom stereocenters. The lowest BCUT2D eigenvalue weighted by Gasteiger charge is -2.32. The van der Waals surface area contributed by atoms with Gasteiger partial charge >= 0.3 is 5.97 Å². The van der Waals surface area contributed by atoms with Crippen molar-refractivity contribution in [1.82, 2.24) is 14.9 Å². The fourth-order valence-corrected chi connectivity index (χ4v) is 5.23. The zero-order chi connectivity index (χ0) is 16.7. The summed E-state index contributed by atoms with van der Waals surface area (Å²) in [5.41, 5.74) is 7.59. The van der Waals surface area contributed by atoms with Crippen molar-refractivity contribution in [3.63, 3.8) is 0 Å². The lowest BCUT2D eigenvalue weighted by atomic mass is 9.97. The Labute approximate surface area is 144 Å². The first-order valence-electron chi connectivity index (χ1n) is 8.67. The highest BCUT2D eigenvalue weighted by Crippen LogP contribution is 2.37. The largest absolute Gasteiger partial charge is 0.480 e. The number of carboxylic acid groups (broad SMARTS) is 1. The van der Waals surface area contributed by atoms with Crippen LogP contribution in [0, 0.1) is 0 Å². The molecule has 1 atom stereocenters. The van der Waals surface area contributed by atoms with E-state index < -0.39 is 12.0 Å². The number of carboxylic acids is 1. The number of hydrogen-bond donors (Lipinski definition) is 2. The molecule has 1 fully saturated rings. The van der Waals surface area contributed by atoms with Gasteiger partial charge in [-0.2, -0.15) is 0 Å². The lowest BCUT2D eigenvalue weighted by molar-refractivity contribution is -0.144. The van der Waals surface area contributed by atoms with Crippen molar-refractivity contribution in [3.05, 3.63) is 16.3 Å². The van der Waals surface area contributed by atoms with Crippen molar-refractivity contribution in [1.29, 1.82) is 0 Å². The number of piperidine rings is 1. The molecule has 4 rings (SSSR count). The van der Waals surface area contributed by atoms with Crippen LogP contribution in [0.4, 0.5) is 5.82 Å². The second-order valence-electron chi connectivity index (χ2n) is 6.74. The van der Waals surface area contributed by atoms with Gasteiger partial charge in [-0.1, -0.05) is 6.42 Å². The summed E-state index contributed by atoms with van der Waals surface area (Å²) in [4.78, 5) is 25.0. The van der Waals surface area contributed by atoms with Crippen LogP contribution in [0.15, 0.2) is 0 Å². The lowest BCUT2D eigenvalue weighted by Crippen LogP contribution is -2.44. The molecule has 2 aromatic heterocycles. The predicted octanol–water partition coefficient (Wildman–Crippen LogP) is 2.59. The molecule has 0 bridgehead atoms.